The average molecular weight is 371 g/mol. The molecule has 0 spiro atoms. The fourth-order valence-corrected chi connectivity index (χ4v) is 5.11. The molecule has 5 heteroatoms. The second-order valence-electron chi connectivity index (χ2n) is 7.82. The fourth-order valence-electron chi connectivity index (χ4n) is 4.28. The van der Waals surface area contributed by atoms with Gasteiger partial charge in [0.1, 0.15) is 5.01 Å². The summed E-state index contributed by atoms with van der Waals surface area (Å²) >= 11 is 1.59. The highest BCUT2D eigenvalue weighted by Crippen LogP contribution is 2.39. The predicted octanol–water partition coefficient (Wildman–Crippen LogP) is 3.81. The van der Waals surface area contributed by atoms with E-state index in [4.69, 9.17) is 0 Å². The van der Waals surface area contributed by atoms with Crippen molar-refractivity contribution in [3.05, 3.63) is 40.9 Å². The van der Waals surface area contributed by atoms with Gasteiger partial charge in [0.2, 0.25) is 5.91 Å². The lowest BCUT2D eigenvalue weighted by molar-refractivity contribution is -0.142. The number of nitrogens with zero attached hydrogens (tertiary/aromatic N) is 2. The molecule has 4 nitrogen and oxygen atoms in total. The number of amides is 1. The second kappa shape index (κ2) is 7.12. The van der Waals surface area contributed by atoms with Crippen LogP contribution in [0.2, 0.25) is 0 Å². The molecule has 2 atom stereocenters. The number of carbonyl (C=O) groups is 1. The molecule has 1 aliphatic heterocycles. The molecule has 138 valence electrons. The molecule has 2 aromatic rings. The molecular formula is C21H26N2O2S. The Hall–Kier alpha value is -1.72. The first-order valence-corrected chi connectivity index (χ1v) is 10.4. The Kier molecular flexibility index (Phi) is 4.84. The van der Waals surface area contributed by atoms with Gasteiger partial charge in [0.05, 0.1) is 17.7 Å². The number of aliphatic hydroxyl groups is 1. The van der Waals surface area contributed by atoms with Crippen molar-refractivity contribution < 1.29 is 9.90 Å². The minimum Gasteiger partial charge on any atom is -0.389 e. The van der Waals surface area contributed by atoms with Gasteiger partial charge in [-0.1, -0.05) is 42.7 Å². The first-order chi connectivity index (χ1) is 12.5. The van der Waals surface area contributed by atoms with E-state index in [1.54, 1.807) is 11.3 Å². The normalized spacial score (nSPS) is 25.8. The Balaban J connectivity index is 1.40. The maximum atomic E-state index is 12.7. The van der Waals surface area contributed by atoms with Crippen LogP contribution >= 0.6 is 11.3 Å². The zero-order chi connectivity index (χ0) is 18.1. The SMILES string of the molecule is Cc1ccc(-c2nc(CC(=O)N3CC[C@]4(O)CCCC[C@@H]4C3)cs2)cc1. The molecule has 0 bridgehead atoms. The van der Waals surface area contributed by atoms with E-state index in [-0.39, 0.29) is 11.8 Å². The molecule has 2 aliphatic rings. The highest BCUT2D eigenvalue weighted by atomic mass is 32.1. The van der Waals surface area contributed by atoms with E-state index < -0.39 is 5.60 Å². The average Bonchev–Trinajstić information content (AvgIpc) is 3.10. The van der Waals surface area contributed by atoms with E-state index in [2.05, 4.69) is 36.2 Å². The van der Waals surface area contributed by atoms with Crippen molar-refractivity contribution in [3.63, 3.8) is 0 Å². The van der Waals surface area contributed by atoms with Gasteiger partial charge in [0.15, 0.2) is 0 Å². The zero-order valence-electron chi connectivity index (χ0n) is 15.3. The molecule has 1 saturated carbocycles. The van der Waals surface area contributed by atoms with Gasteiger partial charge in [0.25, 0.3) is 0 Å². The highest BCUT2D eigenvalue weighted by molar-refractivity contribution is 7.13. The molecule has 1 aromatic heterocycles. The monoisotopic (exact) mass is 370 g/mol. The molecular weight excluding hydrogens is 344 g/mol. The van der Waals surface area contributed by atoms with E-state index in [1.165, 1.54) is 12.0 Å². The van der Waals surface area contributed by atoms with Crippen LogP contribution in [0.5, 0.6) is 0 Å². The first kappa shape index (κ1) is 17.7. The van der Waals surface area contributed by atoms with Crippen molar-refractivity contribution in [2.24, 2.45) is 5.92 Å². The summed E-state index contributed by atoms with van der Waals surface area (Å²) in [5.74, 6) is 0.380. The van der Waals surface area contributed by atoms with Gasteiger partial charge >= 0.3 is 0 Å². The molecule has 2 heterocycles. The largest absolute Gasteiger partial charge is 0.389 e. The number of benzene rings is 1. The second-order valence-corrected chi connectivity index (χ2v) is 8.68. The number of carbonyl (C=O) groups excluding carboxylic acids is 1. The van der Waals surface area contributed by atoms with E-state index in [9.17, 15) is 9.90 Å². The van der Waals surface area contributed by atoms with Crippen molar-refractivity contribution in [1.29, 1.82) is 0 Å². The summed E-state index contributed by atoms with van der Waals surface area (Å²) < 4.78 is 0. The number of hydrogen-bond donors (Lipinski definition) is 1. The predicted molar refractivity (Wildman–Crippen MR) is 104 cm³/mol. The molecule has 1 aromatic carbocycles. The fraction of sp³-hybridized carbons (Fsp3) is 0.524. The molecule has 1 N–H and O–H groups in total. The Labute approximate surface area is 158 Å². The van der Waals surface area contributed by atoms with Crippen LogP contribution in [0.15, 0.2) is 29.6 Å². The summed E-state index contributed by atoms with van der Waals surface area (Å²) in [6.45, 7) is 3.44. The molecule has 4 rings (SSSR count). The maximum Gasteiger partial charge on any atom is 0.228 e. The Morgan fingerprint density at radius 3 is 2.92 bits per heavy atom. The molecule has 1 amide bonds. The molecule has 1 saturated heterocycles. The van der Waals surface area contributed by atoms with Gasteiger partial charge < -0.3 is 10.0 Å². The quantitative estimate of drug-likeness (QED) is 0.894. The first-order valence-electron chi connectivity index (χ1n) is 9.55. The third-order valence-corrected chi connectivity index (χ3v) is 6.90. The van der Waals surface area contributed by atoms with Crippen molar-refractivity contribution >= 4 is 17.2 Å². The number of rotatable bonds is 3. The van der Waals surface area contributed by atoms with Gasteiger partial charge in [0, 0.05) is 30.0 Å². The lowest BCUT2D eigenvalue weighted by Crippen LogP contribution is -2.54. The number of hydrogen-bond acceptors (Lipinski definition) is 4. The lowest BCUT2D eigenvalue weighted by Gasteiger charge is -2.47. The molecule has 2 fully saturated rings. The number of aromatic nitrogens is 1. The van der Waals surface area contributed by atoms with Crippen LogP contribution in [0.3, 0.4) is 0 Å². The van der Waals surface area contributed by atoms with Gasteiger partial charge in [-0.3, -0.25) is 4.79 Å². The lowest BCUT2D eigenvalue weighted by atomic mass is 9.71. The van der Waals surface area contributed by atoms with Crippen molar-refractivity contribution in [1.82, 2.24) is 9.88 Å². The van der Waals surface area contributed by atoms with Gasteiger partial charge in [-0.25, -0.2) is 4.98 Å². The van der Waals surface area contributed by atoms with Gasteiger partial charge in [-0.05, 0) is 26.2 Å². The summed E-state index contributed by atoms with van der Waals surface area (Å²) in [6.07, 6.45) is 5.28. The minimum absolute atomic E-state index is 0.137. The number of likely N-dealkylation sites (tertiary alicyclic amines) is 1. The third kappa shape index (κ3) is 3.55. The molecule has 1 aliphatic carbocycles. The van der Waals surface area contributed by atoms with Crippen molar-refractivity contribution in [2.75, 3.05) is 13.1 Å². The van der Waals surface area contributed by atoms with Gasteiger partial charge in [-0.2, -0.15) is 0 Å². The minimum atomic E-state index is -0.533. The third-order valence-electron chi connectivity index (χ3n) is 5.96. The van der Waals surface area contributed by atoms with Crippen LogP contribution in [0.1, 0.15) is 43.4 Å². The summed E-state index contributed by atoms with van der Waals surface area (Å²) in [7, 11) is 0. The van der Waals surface area contributed by atoms with E-state index >= 15 is 0 Å². The Morgan fingerprint density at radius 2 is 2.12 bits per heavy atom. The van der Waals surface area contributed by atoms with E-state index in [0.717, 1.165) is 41.9 Å². The standard InChI is InChI=1S/C21H26N2O2S/c1-15-5-7-16(8-6-15)20-22-18(14-26-20)12-19(24)23-11-10-21(25)9-3-2-4-17(21)13-23/h5-8,14,17,25H,2-4,9-13H2,1H3/t17-,21-/m1/s1. The number of thiazole rings is 1. The van der Waals surface area contributed by atoms with Crippen LogP contribution < -0.4 is 0 Å². The number of fused-ring (bicyclic) bond motifs is 1. The zero-order valence-corrected chi connectivity index (χ0v) is 16.1. The smallest absolute Gasteiger partial charge is 0.228 e. The molecule has 26 heavy (non-hydrogen) atoms. The van der Waals surface area contributed by atoms with Crippen LogP contribution in [-0.4, -0.2) is 39.6 Å². The molecule has 0 radical (unpaired) electrons. The Morgan fingerprint density at radius 1 is 1.31 bits per heavy atom. The summed E-state index contributed by atoms with van der Waals surface area (Å²) in [6, 6.07) is 8.32. The van der Waals surface area contributed by atoms with E-state index in [1.807, 2.05) is 10.3 Å². The van der Waals surface area contributed by atoms with Crippen LogP contribution in [0, 0.1) is 12.8 Å². The van der Waals surface area contributed by atoms with Gasteiger partial charge in [-0.15, -0.1) is 11.3 Å². The van der Waals surface area contributed by atoms with Crippen molar-refractivity contribution in [3.8, 4) is 10.6 Å². The molecule has 0 unspecified atom stereocenters. The van der Waals surface area contributed by atoms with Crippen molar-refractivity contribution in [2.45, 2.75) is 51.0 Å². The van der Waals surface area contributed by atoms with Crippen LogP contribution in [0.25, 0.3) is 10.6 Å². The maximum absolute atomic E-state index is 12.7. The van der Waals surface area contributed by atoms with Crippen LogP contribution in [0.4, 0.5) is 0 Å². The van der Waals surface area contributed by atoms with Crippen LogP contribution in [-0.2, 0) is 11.2 Å². The Bertz CT molecular complexity index is 786. The topological polar surface area (TPSA) is 53.4 Å². The number of aryl methyl sites for hydroxylation is 1. The highest BCUT2D eigenvalue weighted by Gasteiger charge is 2.43. The summed E-state index contributed by atoms with van der Waals surface area (Å²) in [5.41, 5.74) is 2.65. The summed E-state index contributed by atoms with van der Waals surface area (Å²) in [4.78, 5) is 19.3. The summed E-state index contributed by atoms with van der Waals surface area (Å²) in [5, 5.41) is 13.7. The number of piperidine rings is 1. The van der Waals surface area contributed by atoms with E-state index in [0.29, 0.717) is 19.5 Å².